The lowest BCUT2D eigenvalue weighted by atomic mass is 9.65. The fourth-order valence-electron chi connectivity index (χ4n) is 4.22. The fourth-order valence-corrected chi connectivity index (χ4v) is 4.22. The molecule has 4 heteroatoms. The monoisotopic (exact) mass is 340 g/mol. The summed E-state index contributed by atoms with van der Waals surface area (Å²) < 4.78 is 25.5. The van der Waals surface area contributed by atoms with Gasteiger partial charge in [0.2, 0.25) is 6.43 Å². The molecule has 1 atom stereocenters. The summed E-state index contributed by atoms with van der Waals surface area (Å²) in [5.74, 6) is -0.170. The summed E-state index contributed by atoms with van der Waals surface area (Å²) in [4.78, 5) is 11.5. The molecule has 1 unspecified atom stereocenters. The second-order valence-electron chi connectivity index (χ2n) is 7.51. The summed E-state index contributed by atoms with van der Waals surface area (Å²) in [5.41, 5.74) is 0.206. The molecule has 1 fully saturated rings. The van der Waals surface area contributed by atoms with Crippen LogP contribution in [0.3, 0.4) is 0 Å². The van der Waals surface area contributed by atoms with Crippen LogP contribution in [0, 0.1) is 17.3 Å². The molecule has 0 spiro atoms. The molecule has 136 valence electrons. The zero-order valence-corrected chi connectivity index (χ0v) is 14.6. The molecule has 2 nitrogen and oxygen atoms in total. The van der Waals surface area contributed by atoms with E-state index in [0.29, 0.717) is 24.7 Å². The average Bonchev–Trinajstić information content (AvgIpc) is 2.56. The summed E-state index contributed by atoms with van der Waals surface area (Å²) >= 11 is 0. The van der Waals surface area contributed by atoms with Crippen molar-refractivity contribution in [3.8, 4) is 0 Å². The molecule has 0 radical (unpaired) electrons. The lowest BCUT2D eigenvalue weighted by Crippen LogP contribution is -2.38. The summed E-state index contributed by atoms with van der Waals surface area (Å²) in [6.45, 7) is 2.20. The molecule has 2 aliphatic carbocycles. The minimum absolute atomic E-state index is 0.384. The average molecular weight is 340 g/mol. The first-order chi connectivity index (χ1) is 11.5. The molecule has 0 aromatic heterocycles. The van der Waals surface area contributed by atoms with Crippen LogP contribution in [-0.2, 0) is 4.79 Å². The summed E-state index contributed by atoms with van der Waals surface area (Å²) in [5, 5.41) is 9.41. The van der Waals surface area contributed by atoms with Crippen molar-refractivity contribution in [1.29, 1.82) is 0 Å². The Labute approximate surface area is 144 Å². The van der Waals surface area contributed by atoms with Crippen molar-refractivity contribution >= 4 is 5.97 Å². The maximum Gasteiger partial charge on any atom is 0.309 e. The van der Waals surface area contributed by atoms with Gasteiger partial charge in [-0.05, 0) is 56.8 Å². The molecule has 0 aliphatic heterocycles. The fraction of sp³-hybridized carbons (Fsp3) is 0.750. The second-order valence-corrected chi connectivity index (χ2v) is 7.51. The van der Waals surface area contributed by atoms with Gasteiger partial charge in [0, 0.05) is 6.42 Å². The molecule has 0 heterocycles. The summed E-state index contributed by atoms with van der Waals surface area (Å²) in [7, 11) is 0. The highest BCUT2D eigenvalue weighted by atomic mass is 19.3. The molecule has 24 heavy (non-hydrogen) atoms. The van der Waals surface area contributed by atoms with E-state index in [-0.39, 0.29) is 0 Å². The Hall–Kier alpha value is -1.19. The zero-order valence-electron chi connectivity index (χ0n) is 14.6. The van der Waals surface area contributed by atoms with Gasteiger partial charge in [-0.3, -0.25) is 4.79 Å². The largest absolute Gasteiger partial charge is 0.481 e. The molecular formula is C20H30F2O2. The smallest absolute Gasteiger partial charge is 0.309 e. The van der Waals surface area contributed by atoms with Gasteiger partial charge in [-0.25, -0.2) is 8.78 Å². The van der Waals surface area contributed by atoms with Crippen molar-refractivity contribution in [3.63, 3.8) is 0 Å². The first-order valence-corrected chi connectivity index (χ1v) is 9.35. The predicted octanol–water partition coefficient (Wildman–Crippen LogP) is 5.99. The first-order valence-electron chi connectivity index (χ1n) is 9.35. The third-order valence-corrected chi connectivity index (χ3v) is 5.87. The van der Waals surface area contributed by atoms with Crippen molar-refractivity contribution in [1.82, 2.24) is 0 Å². The lowest BCUT2D eigenvalue weighted by Gasteiger charge is -2.39. The van der Waals surface area contributed by atoms with E-state index in [9.17, 15) is 18.7 Å². The van der Waals surface area contributed by atoms with E-state index in [0.717, 1.165) is 25.7 Å². The number of rotatable bonds is 8. The van der Waals surface area contributed by atoms with Crippen LogP contribution in [-0.4, -0.2) is 17.5 Å². The van der Waals surface area contributed by atoms with Crippen LogP contribution in [0.4, 0.5) is 8.78 Å². The van der Waals surface area contributed by atoms with Crippen LogP contribution in [0.15, 0.2) is 23.8 Å². The highest BCUT2D eigenvalue weighted by Crippen LogP contribution is 2.46. The van der Waals surface area contributed by atoms with E-state index in [1.807, 2.05) is 0 Å². The van der Waals surface area contributed by atoms with E-state index in [1.165, 1.54) is 24.8 Å². The number of hydrogen-bond donors (Lipinski definition) is 1. The SMILES string of the molecule is CCCCCC1=CCC([C@H]2CC[C@](CC(F)F)(C(=O)O)CC2)C=C1. The minimum Gasteiger partial charge on any atom is -0.481 e. The highest BCUT2D eigenvalue weighted by Gasteiger charge is 2.44. The van der Waals surface area contributed by atoms with Crippen LogP contribution in [0.1, 0.15) is 71.1 Å². The van der Waals surface area contributed by atoms with Gasteiger partial charge in [0.15, 0.2) is 0 Å². The molecule has 1 N–H and O–H groups in total. The Kier molecular flexibility index (Phi) is 7.00. The number of hydrogen-bond acceptors (Lipinski definition) is 1. The number of halogens is 2. The van der Waals surface area contributed by atoms with Gasteiger partial charge < -0.3 is 5.11 Å². The van der Waals surface area contributed by atoms with Gasteiger partial charge in [0.25, 0.3) is 0 Å². The van der Waals surface area contributed by atoms with E-state index in [1.54, 1.807) is 0 Å². The minimum atomic E-state index is -2.54. The molecule has 0 saturated heterocycles. The first kappa shape index (κ1) is 19.1. The Morgan fingerprint density at radius 3 is 2.54 bits per heavy atom. The van der Waals surface area contributed by atoms with Crippen LogP contribution in [0.5, 0.6) is 0 Å². The van der Waals surface area contributed by atoms with Gasteiger partial charge in [0.1, 0.15) is 0 Å². The van der Waals surface area contributed by atoms with Crippen molar-refractivity contribution < 1.29 is 18.7 Å². The van der Waals surface area contributed by atoms with Gasteiger partial charge >= 0.3 is 5.97 Å². The number of carboxylic acid groups (broad SMARTS) is 1. The Bertz CT molecular complexity index is 474. The zero-order chi connectivity index (χ0) is 17.6. The number of carbonyl (C=O) groups is 1. The number of unbranched alkanes of at least 4 members (excludes halogenated alkanes) is 2. The molecule has 0 aromatic carbocycles. The Morgan fingerprint density at radius 2 is 2.04 bits per heavy atom. The van der Waals surface area contributed by atoms with Gasteiger partial charge in [-0.1, -0.05) is 43.6 Å². The number of carboxylic acids is 1. The van der Waals surface area contributed by atoms with Crippen LogP contribution >= 0.6 is 0 Å². The molecular weight excluding hydrogens is 310 g/mol. The molecule has 0 aromatic rings. The van der Waals surface area contributed by atoms with E-state index in [2.05, 4.69) is 25.2 Å². The van der Waals surface area contributed by atoms with E-state index >= 15 is 0 Å². The van der Waals surface area contributed by atoms with Crippen molar-refractivity contribution in [2.75, 3.05) is 0 Å². The van der Waals surface area contributed by atoms with Crippen molar-refractivity contribution in [2.24, 2.45) is 17.3 Å². The van der Waals surface area contributed by atoms with E-state index in [4.69, 9.17) is 0 Å². The molecule has 0 bridgehead atoms. The molecule has 2 aliphatic rings. The third-order valence-electron chi connectivity index (χ3n) is 5.87. The van der Waals surface area contributed by atoms with Gasteiger partial charge in [-0.15, -0.1) is 0 Å². The maximum absolute atomic E-state index is 12.8. The van der Waals surface area contributed by atoms with Crippen molar-refractivity contribution in [3.05, 3.63) is 23.8 Å². The molecule has 0 amide bonds. The van der Waals surface area contributed by atoms with Crippen LogP contribution in [0.25, 0.3) is 0 Å². The van der Waals surface area contributed by atoms with Gasteiger partial charge in [-0.2, -0.15) is 0 Å². The summed E-state index contributed by atoms with van der Waals surface area (Å²) in [6.07, 6.45) is 11.9. The summed E-state index contributed by atoms with van der Waals surface area (Å²) in [6, 6.07) is 0. The third kappa shape index (κ3) is 4.90. The second kappa shape index (κ2) is 8.77. The van der Waals surface area contributed by atoms with Crippen LogP contribution < -0.4 is 0 Å². The predicted molar refractivity (Wildman–Crippen MR) is 92.1 cm³/mol. The topological polar surface area (TPSA) is 37.3 Å². The normalized spacial score (nSPS) is 30.4. The van der Waals surface area contributed by atoms with Crippen LogP contribution in [0.2, 0.25) is 0 Å². The van der Waals surface area contributed by atoms with E-state index < -0.39 is 24.2 Å². The number of allylic oxidation sites excluding steroid dienone is 4. The number of alkyl halides is 2. The highest BCUT2D eigenvalue weighted by molar-refractivity contribution is 5.74. The quantitative estimate of drug-likeness (QED) is 0.551. The molecule has 2 rings (SSSR count). The standard InChI is InChI=1S/C20H30F2O2/c1-2-3-4-5-15-6-8-16(9-7-15)17-10-12-20(13-11-17,19(23)24)14-18(21)22/h6-8,16-18H,2-5,9-14H2,1H3,(H,23,24)/t16?,17-,20-. The Balaban J connectivity index is 1.85. The maximum atomic E-state index is 12.8. The van der Waals surface area contributed by atoms with Crippen molar-refractivity contribution in [2.45, 2.75) is 77.6 Å². The number of aliphatic carboxylic acids is 1. The lowest BCUT2D eigenvalue weighted by molar-refractivity contribution is -0.155. The Morgan fingerprint density at radius 1 is 1.33 bits per heavy atom. The van der Waals surface area contributed by atoms with Gasteiger partial charge in [0.05, 0.1) is 5.41 Å². The molecule has 1 saturated carbocycles.